The summed E-state index contributed by atoms with van der Waals surface area (Å²) in [4.78, 5) is 37.5. The first-order chi connectivity index (χ1) is 9.51. The van der Waals surface area contributed by atoms with Gasteiger partial charge in [-0.2, -0.15) is 0 Å². The van der Waals surface area contributed by atoms with Gasteiger partial charge in [-0.1, -0.05) is 12.1 Å². The van der Waals surface area contributed by atoms with Crippen LogP contribution in [-0.2, 0) is 16.1 Å². The molecule has 0 unspecified atom stereocenters. The van der Waals surface area contributed by atoms with Gasteiger partial charge in [0.05, 0.1) is 12.1 Å². The van der Waals surface area contributed by atoms with Crippen LogP contribution < -0.4 is 0 Å². The van der Waals surface area contributed by atoms with Crippen molar-refractivity contribution in [1.82, 2.24) is 9.80 Å². The summed E-state index contributed by atoms with van der Waals surface area (Å²) < 4.78 is 0. The van der Waals surface area contributed by atoms with Gasteiger partial charge in [0, 0.05) is 13.1 Å². The van der Waals surface area contributed by atoms with Crippen molar-refractivity contribution in [2.45, 2.75) is 13.5 Å². The number of carboxylic acid groups (broad SMARTS) is 1. The van der Waals surface area contributed by atoms with Crippen LogP contribution in [0.15, 0.2) is 24.3 Å². The number of nitrogens with zero attached hydrogens (tertiary/aromatic N) is 2. The third kappa shape index (κ3) is 2.96. The molecule has 0 atom stereocenters. The van der Waals surface area contributed by atoms with Gasteiger partial charge in [-0.3, -0.25) is 9.59 Å². The molecule has 2 rings (SSSR count). The second-order valence-electron chi connectivity index (χ2n) is 4.66. The first-order valence-corrected chi connectivity index (χ1v) is 6.39. The first-order valence-electron chi connectivity index (χ1n) is 6.39. The number of amides is 2. The molecule has 0 radical (unpaired) electrons. The lowest BCUT2D eigenvalue weighted by molar-refractivity contribution is -0.150. The van der Waals surface area contributed by atoms with E-state index in [0.717, 1.165) is 5.56 Å². The average molecular weight is 276 g/mol. The minimum atomic E-state index is -0.987. The van der Waals surface area contributed by atoms with Crippen LogP contribution in [0.4, 0.5) is 0 Å². The molecular formula is C14H16N2O4. The molecule has 1 saturated heterocycles. The van der Waals surface area contributed by atoms with E-state index in [1.807, 2.05) is 6.92 Å². The Kier molecular flexibility index (Phi) is 4.02. The Morgan fingerprint density at radius 3 is 2.20 bits per heavy atom. The lowest BCUT2D eigenvalue weighted by atomic mass is 10.1. The highest BCUT2D eigenvalue weighted by Crippen LogP contribution is 2.11. The number of hydrogen-bond donors (Lipinski definition) is 1. The van der Waals surface area contributed by atoms with Gasteiger partial charge in [0.25, 0.3) is 0 Å². The van der Waals surface area contributed by atoms with Gasteiger partial charge in [-0.15, -0.1) is 0 Å². The van der Waals surface area contributed by atoms with Crippen LogP contribution in [0, 0.1) is 0 Å². The summed E-state index contributed by atoms with van der Waals surface area (Å²) in [5.41, 5.74) is 1.01. The number of carbonyl (C=O) groups is 3. The van der Waals surface area contributed by atoms with Crippen molar-refractivity contribution in [2.75, 3.05) is 19.6 Å². The highest BCUT2D eigenvalue weighted by molar-refractivity contribution is 5.92. The number of rotatable bonds is 4. The third-order valence-electron chi connectivity index (χ3n) is 3.31. The third-order valence-corrected chi connectivity index (χ3v) is 3.31. The second kappa shape index (κ2) is 5.73. The summed E-state index contributed by atoms with van der Waals surface area (Å²) >= 11 is 0. The minimum absolute atomic E-state index is 0.0609. The van der Waals surface area contributed by atoms with Crippen molar-refractivity contribution in [1.29, 1.82) is 0 Å². The lowest BCUT2D eigenvalue weighted by Gasteiger charge is -2.33. The maximum atomic E-state index is 11.9. The van der Waals surface area contributed by atoms with Crippen molar-refractivity contribution in [3.63, 3.8) is 0 Å². The van der Waals surface area contributed by atoms with Crippen LogP contribution in [0.25, 0.3) is 0 Å². The average Bonchev–Trinajstić information content (AvgIpc) is 2.43. The molecule has 2 amide bonds. The number of piperazine rings is 1. The van der Waals surface area contributed by atoms with Gasteiger partial charge in [-0.05, 0) is 24.6 Å². The van der Waals surface area contributed by atoms with Crippen LogP contribution in [0.1, 0.15) is 22.8 Å². The lowest BCUT2D eigenvalue weighted by Crippen LogP contribution is -2.53. The zero-order chi connectivity index (χ0) is 14.7. The Bertz CT molecular complexity index is 539. The molecule has 6 heteroatoms. The number of likely N-dealkylation sites (N-methyl/N-ethyl adjacent to an activating group) is 1. The van der Waals surface area contributed by atoms with Crippen LogP contribution in [0.2, 0.25) is 0 Å². The Balaban J connectivity index is 2.04. The van der Waals surface area contributed by atoms with E-state index in [1.165, 1.54) is 21.9 Å². The summed E-state index contributed by atoms with van der Waals surface area (Å²) in [5.74, 6) is -1.14. The molecule has 0 saturated carbocycles. The van der Waals surface area contributed by atoms with E-state index in [9.17, 15) is 14.4 Å². The van der Waals surface area contributed by atoms with Gasteiger partial charge in [0.1, 0.15) is 6.54 Å². The quantitative estimate of drug-likeness (QED) is 0.872. The molecule has 1 N–H and O–H groups in total. The van der Waals surface area contributed by atoms with Crippen LogP contribution in [0.5, 0.6) is 0 Å². The van der Waals surface area contributed by atoms with Gasteiger partial charge in [0.2, 0.25) is 11.8 Å². The summed E-state index contributed by atoms with van der Waals surface area (Å²) in [6.07, 6.45) is 0. The van der Waals surface area contributed by atoms with E-state index in [4.69, 9.17) is 5.11 Å². The minimum Gasteiger partial charge on any atom is -0.478 e. The van der Waals surface area contributed by atoms with E-state index in [2.05, 4.69) is 0 Å². The zero-order valence-electron chi connectivity index (χ0n) is 11.2. The summed E-state index contributed by atoms with van der Waals surface area (Å²) in [5, 5.41) is 8.82. The number of carbonyl (C=O) groups excluding carboxylic acids is 2. The van der Waals surface area contributed by atoms with Gasteiger partial charge < -0.3 is 14.9 Å². The maximum Gasteiger partial charge on any atom is 0.335 e. The fraction of sp³-hybridized carbons (Fsp3) is 0.357. The largest absolute Gasteiger partial charge is 0.478 e. The normalized spacial score (nSPS) is 15.7. The fourth-order valence-electron chi connectivity index (χ4n) is 2.11. The highest BCUT2D eigenvalue weighted by atomic mass is 16.4. The molecule has 6 nitrogen and oxygen atoms in total. The summed E-state index contributed by atoms with van der Waals surface area (Å²) in [6, 6.07) is 6.30. The molecular weight excluding hydrogens is 260 g/mol. The zero-order valence-corrected chi connectivity index (χ0v) is 11.2. The van der Waals surface area contributed by atoms with Crippen molar-refractivity contribution in [2.24, 2.45) is 0 Å². The molecule has 0 spiro atoms. The van der Waals surface area contributed by atoms with Crippen LogP contribution in [-0.4, -0.2) is 52.3 Å². The smallest absolute Gasteiger partial charge is 0.335 e. The van der Waals surface area contributed by atoms with Crippen molar-refractivity contribution < 1.29 is 19.5 Å². The number of aromatic carboxylic acids is 1. The molecule has 1 aliphatic rings. The second-order valence-corrected chi connectivity index (χ2v) is 4.66. The highest BCUT2D eigenvalue weighted by Gasteiger charge is 2.28. The van der Waals surface area contributed by atoms with Gasteiger partial charge in [0.15, 0.2) is 0 Å². The van der Waals surface area contributed by atoms with Crippen molar-refractivity contribution in [3.05, 3.63) is 35.4 Å². The van der Waals surface area contributed by atoms with Gasteiger partial charge >= 0.3 is 5.97 Å². The number of carboxylic acids is 1. The molecule has 0 aromatic heterocycles. The van der Waals surface area contributed by atoms with Gasteiger partial charge in [-0.25, -0.2) is 4.79 Å². The van der Waals surface area contributed by atoms with Crippen LogP contribution >= 0.6 is 0 Å². The monoisotopic (exact) mass is 276 g/mol. The van der Waals surface area contributed by atoms with E-state index in [1.54, 1.807) is 12.1 Å². The molecule has 0 aliphatic carbocycles. The number of benzene rings is 1. The molecule has 1 heterocycles. The molecule has 1 aromatic rings. The molecule has 0 bridgehead atoms. The van der Waals surface area contributed by atoms with E-state index < -0.39 is 5.97 Å². The van der Waals surface area contributed by atoms with Crippen LogP contribution in [0.3, 0.4) is 0 Å². The predicted molar refractivity (Wildman–Crippen MR) is 71.1 cm³/mol. The van der Waals surface area contributed by atoms with Crippen molar-refractivity contribution in [3.8, 4) is 0 Å². The van der Waals surface area contributed by atoms with E-state index in [-0.39, 0.29) is 30.5 Å². The Hall–Kier alpha value is -2.37. The number of hydrogen-bond acceptors (Lipinski definition) is 3. The molecule has 1 aromatic carbocycles. The maximum absolute atomic E-state index is 11.9. The summed E-state index contributed by atoms with van der Waals surface area (Å²) in [6.45, 7) is 2.88. The fourth-order valence-corrected chi connectivity index (χ4v) is 2.11. The molecule has 106 valence electrons. The Morgan fingerprint density at radius 2 is 1.65 bits per heavy atom. The summed E-state index contributed by atoms with van der Waals surface area (Å²) in [7, 11) is 0. The predicted octanol–water partition coefficient (Wildman–Crippen LogP) is 0.576. The first kappa shape index (κ1) is 14.0. The van der Waals surface area contributed by atoms with E-state index >= 15 is 0 Å². The Labute approximate surface area is 116 Å². The topological polar surface area (TPSA) is 77.9 Å². The molecule has 1 aliphatic heterocycles. The standard InChI is InChI=1S/C14H16N2O4/c1-2-15-8-13(18)16(9-12(15)17)7-10-3-5-11(6-4-10)14(19)20/h3-6H,2,7-9H2,1H3,(H,19,20). The van der Waals surface area contributed by atoms with Crippen molar-refractivity contribution >= 4 is 17.8 Å². The Morgan fingerprint density at radius 1 is 1.10 bits per heavy atom. The SMILES string of the molecule is CCN1CC(=O)N(Cc2ccc(C(=O)O)cc2)CC1=O. The van der Waals surface area contributed by atoms with E-state index in [0.29, 0.717) is 13.1 Å². The molecule has 20 heavy (non-hydrogen) atoms. The molecule has 1 fully saturated rings.